The highest BCUT2D eigenvalue weighted by Gasteiger charge is 2.13. The second-order valence-electron chi connectivity index (χ2n) is 3.18. The molecule has 15 heavy (non-hydrogen) atoms. The van der Waals surface area contributed by atoms with Gasteiger partial charge in [0.2, 0.25) is 0 Å². The van der Waals surface area contributed by atoms with Crippen molar-refractivity contribution in [2.24, 2.45) is 0 Å². The molecule has 0 fully saturated rings. The maximum atomic E-state index is 6.09. The lowest BCUT2D eigenvalue weighted by Crippen LogP contribution is -2.18. The molecule has 1 aromatic rings. The molecule has 0 radical (unpaired) electrons. The van der Waals surface area contributed by atoms with Crippen LogP contribution in [0.5, 0.6) is 0 Å². The summed E-state index contributed by atoms with van der Waals surface area (Å²) < 4.78 is 0. The molecule has 0 spiro atoms. The molecule has 0 heterocycles. The first-order chi connectivity index (χ1) is 7.07. The lowest BCUT2D eigenvalue weighted by atomic mass is 10.1. The summed E-state index contributed by atoms with van der Waals surface area (Å²) in [6.07, 6.45) is 1.79. The fraction of sp³-hybridized carbons (Fsp3) is 0.273. The largest absolute Gasteiger partial charge is 0.307 e. The third-order valence-corrected chi connectivity index (χ3v) is 3.41. The Morgan fingerprint density at radius 2 is 2.00 bits per heavy atom. The average Bonchev–Trinajstić information content (AvgIpc) is 2.23. The second-order valence-corrected chi connectivity index (χ2v) is 4.35. The monoisotopic (exact) mass is 263 g/mol. The first-order valence-corrected chi connectivity index (χ1v) is 5.69. The number of hydrogen-bond acceptors (Lipinski definition) is 1. The number of benzene rings is 1. The van der Waals surface area contributed by atoms with Gasteiger partial charge in [0.1, 0.15) is 0 Å². The standard InChI is InChI=1S/C11H12Cl3N/c1-3-6-15-7(2)8-4-5-9(12)11(14)10(8)13/h3-5,7,15H,1,6H2,2H3. The van der Waals surface area contributed by atoms with Crippen molar-refractivity contribution < 1.29 is 0 Å². The van der Waals surface area contributed by atoms with Crippen molar-refractivity contribution in [2.45, 2.75) is 13.0 Å². The number of nitrogens with one attached hydrogen (secondary N) is 1. The van der Waals surface area contributed by atoms with Crippen LogP contribution >= 0.6 is 34.8 Å². The Morgan fingerprint density at radius 1 is 1.33 bits per heavy atom. The Kier molecular flexibility index (Phi) is 4.94. The molecule has 1 N–H and O–H groups in total. The first kappa shape index (κ1) is 12.9. The van der Waals surface area contributed by atoms with Crippen molar-refractivity contribution in [3.05, 3.63) is 45.4 Å². The van der Waals surface area contributed by atoms with Crippen LogP contribution < -0.4 is 5.32 Å². The zero-order valence-electron chi connectivity index (χ0n) is 8.36. The van der Waals surface area contributed by atoms with Crippen molar-refractivity contribution >= 4 is 34.8 Å². The maximum Gasteiger partial charge on any atom is 0.0781 e. The smallest absolute Gasteiger partial charge is 0.0781 e. The predicted molar refractivity (Wildman–Crippen MR) is 68.1 cm³/mol. The summed E-state index contributed by atoms with van der Waals surface area (Å²) in [4.78, 5) is 0. The van der Waals surface area contributed by atoms with Crippen molar-refractivity contribution in [1.82, 2.24) is 5.32 Å². The van der Waals surface area contributed by atoms with Gasteiger partial charge in [-0.05, 0) is 18.6 Å². The molecule has 82 valence electrons. The van der Waals surface area contributed by atoms with Gasteiger partial charge in [-0.3, -0.25) is 0 Å². The third-order valence-electron chi connectivity index (χ3n) is 2.10. The van der Waals surface area contributed by atoms with Gasteiger partial charge in [-0.15, -0.1) is 6.58 Å². The summed E-state index contributed by atoms with van der Waals surface area (Å²) in [5.74, 6) is 0. The molecule has 0 aliphatic heterocycles. The molecular formula is C11H12Cl3N. The molecule has 0 saturated heterocycles. The van der Waals surface area contributed by atoms with Crippen LogP contribution in [0, 0.1) is 0 Å². The van der Waals surface area contributed by atoms with Crippen LogP contribution in [-0.4, -0.2) is 6.54 Å². The highest BCUT2D eigenvalue weighted by molar-refractivity contribution is 6.48. The van der Waals surface area contributed by atoms with Gasteiger partial charge in [0.05, 0.1) is 15.1 Å². The molecule has 0 amide bonds. The summed E-state index contributed by atoms with van der Waals surface area (Å²) >= 11 is 17.9. The van der Waals surface area contributed by atoms with Crippen molar-refractivity contribution in [3.63, 3.8) is 0 Å². The quantitative estimate of drug-likeness (QED) is 0.624. The van der Waals surface area contributed by atoms with Gasteiger partial charge in [0, 0.05) is 12.6 Å². The molecule has 0 aliphatic rings. The number of halogens is 3. The third kappa shape index (κ3) is 3.12. The molecule has 1 nitrogen and oxygen atoms in total. The van der Waals surface area contributed by atoms with Gasteiger partial charge in [-0.1, -0.05) is 46.9 Å². The number of hydrogen-bond donors (Lipinski definition) is 1. The summed E-state index contributed by atoms with van der Waals surface area (Å²) in [6.45, 7) is 6.37. The van der Waals surface area contributed by atoms with Crippen LogP contribution in [0.1, 0.15) is 18.5 Å². The maximum absolute atomic E-state index is 6.09. The van der Waals surface area contributed by atoms with E-state index in [0.717, 1.165) is 12.1 Å². The van der Waals surface area contributed by atoms with E-state index in [-0.39, 0.29) is 6.04 Å². The average molecular weight is 265 g/mol. The zero-order valence-corrected chi connectivity index (χ0v) is 10.6. The van der Waals surface area contributed by atoms with Crippen LogP contribution in [0.2, 0.25) is 15.1 Å². The minimum absolute atomic E-state index is 0.116. The Bertz CT molecular complexity index is 363. The molecular weight excluding hydrogens is 252 g/mol. The molecule has 0 aromatic heterocycles. The topological polar surface area (TPSA) is 12.0 Å². The van der Waals surface area contributed by atoms with Crippen molar-refractivity contribution in [2.75, 3.05) is 6.54 Å². The summed E-state index contributed by atoms with van der Waals surface area (Å²) in [5, 5.41) is 4.62. The Morgan fingerprint density at radius 3 is 2.60 bits per heavy atom. The van der Waals surface area contributed by atoms with Crippen LogP contribution in [0.4, 0.5) is 0 Å². The van der Waals surface area contributed by atoms with Crippen LogP contribution in [0.25, 0.3) is 0 Å². The van der Waals surface area contributed by atoms with E-state index < -0.39 is 0 Å². The van der Waals surface area contributed by atoms with E-state index in [1.807, 2.05) is 13.0 Å². The fourth-order valence-corrected chi connectivity index (χ4v) is 1.95. The Labute approximate surface area is 105 Å². The second kappa shape index (κ2) is 5.76. The van der Waals surface area contributed by atoms with Crippen LogP contribution in [0.15, 0.2) is 24.8 Å². The van der Waals surface area contributed by atoms with E-state index in [9.17, 15) is 0 Å². The summed E-state index contributed by atoms with van der Waals surface area (Å²) in [7, 11) is 0. The van der Waals surface area contributed by atoms with Gasteiger partial charge in [-0.25, -0.2) is 0 Å². The molecule has 1 rings (SSSR count). The van der Waals surface area contributed by atoms with Gasteiger partial charge in [0.15, 0.2) is 0 Å². The summed E-state index contributed by atoms with van der Waals surface area (Å²) in [6, 6.07) is 3.74. The summed E-state index contributed by atoms with van der Waals surface area (Å²) in [5.41, 5.74) is 0.938. The zero-order chi connectivity index (χ0) is 11.4. The van der Waals surface area contributed by atoms with Crippen LogP contribution in [-0.2, 0) is 0 Å². The van der Waals surface area contributed by atoms with Gasteiger partial charge < -0.3 is 5.32 Å². The van der Waals surface area contributed by atoms with E-state index in [1.165, 1.54) is 0 Å². The van der Waals surface area contributed by atoms with E-state index in [1.54, 1.807) is 12.1 Å². The van der Waals surface area contributed by atoms with E-state index >= 15 is 0 Å². The van der Waals surface area contributed by atoms with Gasteiger partial charge in [0.25, 0.3) is 0 Å². The first-order valence-electron chi connectivity index (χ1n) is 4.55. The van der Waals surface area contributed by atoms with Gasteiger partial charge in [-0.2, -0.15) is 0 Å². The molecule has 4 heteroatoms. The molecule has 0 saturated carbocycles. The van der Waals surface area contributed by atoms with E-state index in [2.05, 4.69) is 11.9 Å². The predicted octanol–water partition coefficient (Wildman–Crippen LogP) is 4.48. The normalized spacial score (nSPS) is 12.5. The minimum atomic E-state index is 0.116. The Hall–Kier alpha value is -0.210. The van der Waals surface area contributed by atoms with Crippen LogP contribution in [0.3, 0.4) is 0 Å². The molecule has 1 unspecified atom stereocenters. The van der Waals surface area contributed by atoms with E-state index in [0.29, 0.717) is 15.1 Å². The lowest BCUT2D eigenvalue weighted by Gasteiger charge is -2.15. The molecule has 0 aliphatic carbocycles. The molecule has 1 atom stereocenters. The fourth-order valence-electron chi connectivity index (χ4n) is 1.25. The highest BCUT2D eigenvalue weighted by atomic mass is 35.5. The van der Waals surface area contributed by atoms with Crippen molar-refractivity contribution in [3.8, 4) is 0 Å². The molecule has 0 bridgehead atoms. The Balaban J connectivity index is 2.94. The van der Waals surface area contributed by atoms with Crippen molar-refractivity contribution in [1.29, 1.82) is 0 Å². The number of rotatable bonds is 4. The minimum Gasteiger partial charge on any atom is -0.307 e. The highest BCUT2D eigenvalue weighted by Crippen LogP contribution is 2.35. The molecule has 1 aromatic carbocycles. The lowest BCUT2D eigenvalue weighted by molar-refractivity contribution is 0.618. The van der Waals surface area contributed by atoms with Gasteiger partial charge >= 0.3 is 0 Å². The van der Waals surface area contributed by atoms with E-state index in [4.69, 9.17) is 34.8 Å². The SMILES string of the molecule is C=CCNC(C)c1ccc(Cl)c(Cl)c1Cl.